The summed E-state index contributed by atoms with van der Waals surface area (Å²) in [7, 11) is 3.63. The van der Waals surface area contributed by atoms with E-state index < -0.39 is 0 Å². The second-order valence-corrected chi connectivity index (χ2v) is 8.17. The molecule has 5 nitrogen and oxygen atoms in total. The second-order valence-electron chi connectivity index (χ2n) is 8.17. The van der Waals surface area contributed by atoms with Gasteiger partial charge in [0.25, 0.3) is 0 Å². The van der Waals surface area contributed by atoms with Crippen molar-refractivity contribution in [3.05, 3.63) is 29.8 Å². The number of methoxy groups -OCH3 is 1. The molecule has 5 heteroatoms. The first-order valence-corrected chi connectivity index (χ1v) is 10.5. The largest absolute Gasteiger partial charge is 0.497 e. The van der Waals surface area contributed by atoms with Crippen molar-refractivity contribution in [3.63, 3.8) is 0 Å². The lowest BCUT2D eigenvalue weighted by molar-refractivity contribution is 0.177. The van der Waals surface area contributed by atoms with Crippen LogP contribution in [-0.2, 0) is 6.54 Å². The summed E-state index contributed by atoms with van der Waals surface area (Å²) in [5.74, 6) is 3.63. The number of hydrogen-bond acceptors (Lipinski definition) is 3. The van der Waals surface area contributed by atoms with Crippen LogP contribution >= 0.6 is 0 Å². The van der Waals surface area contributed by atoms with Crippen molar-refractivity contribution < 1.29 is 4.74 Å². The van der Waals surface area contributed by atoms with Crippen molar-refractivity contribution in [1.29, 1.82) is 0 Å². The number of hydrogen-bond donors (Lipinski definition) is 1. The van der Waals surface area contributed by atoms with Crippen molar-refractivity contribution in [2.75, 3.05) is 46.9 Å². The van der Waals surface area contributed by atoms with E-state index in [0.29, 0.717) is 0 Å². The van der Waals surface area contributed by atoms with Gasteiger partial charge in [-0.05, 0) is 68.3 Å². The fourth-order valence-corrected chi connectivity index (χ4v) is 4.13. The van der Waals surface area contributed by atoms with E-state index in [9.17, 15) is 0 Å². The van der Waals surface area contributed by atoms with Crippen LogP contribution in [0.4, 0.5) is 0 Å². The van der Waals surface area contributed by atoms with Crippen molar-refractivity contribution >= 4 is 5.96 Å². The Balaban J connectivity index is 1.38. The van der Waals surface area contributed by atoms with E-state index in [1.165, 1.54) is 44.3 Å². The maximum atomic E-state index is 5.24. The molecule has 0 aliphatic carbocycles. The van der Waals surface area contributed by atoms with Gasteiger partial charge in [-0.15, -0.1) is 0 Å². The highest BCUT2D eigenvalue weighted by Gasteiger charge is 2.22. The number of benzene rings is 1. The van der Waals surface area contributed by atoms with Crippen molar-refractivity contribution in [1.82, 2.24) is 15.1 Å². The van der Waals surface area contributed by atoms with Crippen molar-refractivity contribution in [2.45, 2.75) is 39.2 Å². The molecular weight excluding hydrogens is 336 g/mol. The Bertz CT molecular complexity index is 585. The number of piperidine rings is 2. The fourth-order valence-electron chi connectivity index (χ4n) is 4.13. The highest BCUT2D eigenvalue weighted by Crippen LogP contribution is 2.20. The van der Waals surface area contributed by atoms with Crippen LogP contribution in [0, 0.1) is 11.8 Å². The summed E-state index contributed by atoms with van der Waals surface area (Å²) in [5.41, 5.74) is 1.37. The Kier molecular flexibility index (Phi) is 7.39. The van der Waals surface area contributed by atoms with Crippen LogP contribution in [0.25, 0.3) is 0 Å². The highest BCUT2D eigenvalue weighted by molar-refractivity contribution is 5.79. The predicted molar refractivity (Wildman–Crippen MR) is 112 cm³/mol. The number of ether oxygens (including phenoxy) is 1. The number of nitrogens with zero attached hydrogens (tertiary/aromatic N) is 3. The van der Waals surface area contributed by atoms with Gasteiger partial charge in [-0.3, -0.25) is 9.89 Å². The van der Waals surface area contributed by atoms with Gasteiger partial charge in [-0.1, -0.05) is 19.1 Å². The molecule has 0 spiro atoms. The molecule has 2 heterocycles. The molecule has 2 fully saturated rings. The quantitative estimate of drug-likeness (QED) is 0.636. The third-order valence-electron chi connectivity index (χ3n) is 6.12. The van der Waals surface area contributed by atoms with Crippen LogP contribution in [0.1, 0.15) is 38.2 Å². The first kappa shape index (κ1) is 20.0. The summed E-state index contributed by atoms with van der Waals surface area (Å²) in [6.07, 6.45) is 5.09. The van der Waals surface area contributed by atoms with Crippen LogP contribution < -0.4 is 10.1 Å². The summed E-state index contributed by atoms with van der Waals surface area (Å²) in [5, 5.41) is 3.64. The van der Waals surface area contributed by atoms with E-state index in [-0.39, 0.29) is 0 Å². The van der Waals surface area contributed by atoms with E-state index in [2.05, 4.69) is 51.3 Å². The van der Waals surface area contributed by atoms with Crippen LogP contribution in [0.15, 0.2) is 29.3 Å². The smallest absolute Gasteiger partial charge is 0.193 e. The minimum atomic E-state index is 0.748. The summed E-state index contributed by atoms with van der Waals surface area (Å²) in [6, 6.07) is 8.46. The van der Waals surface area contributed by atoms with Gasteiger partial charge in [0.2, 0.25) is 0 Å². The van der Waals surface area contributed by atoms with E-state index in [1.807, 2.05) is 7.05 Å². The van der Waals surface area contributed by atoms with Gasteiger partial charge in [0.05, 0.1) is 7.11 Å². The fraction of sp³-hybridized carbons (Fsp3) is 0.682. The molecule has 3 rings (SSSR count). The van der Waals surface area contributed by atoms with E-state index in [1.54, 1.807) is 7.11 Å². The van der Waals surface area contributed by atoms with E-state index in [4.69, 9.17) is 4.74 Å². The highest BCUT2D eigenvalue weighted by atomic mass is 16.5. The number of nitrogens with one attached hydrogen (secondary N) is 1. The molecule has 0 saturated carbocycles. The number of likely N-dealkylation sites (tertiary alicyclic amines) is 2. The number of guanidine groups is 1. The zero-order valence-corrected chi connectivity index (χ0v) is 17.3. The molecule has 0 aromatic heterocycles. The van der Waals surface area contributed by atoms with Gasteiger partial charge in [-0.2, -0.15) is 0 Å². The van der Waals surface area contributed by atoms with Gasteiger partial charge in [0.15, 0.2) is 5.96 Å². The first-order chi connectivity index (χ1) is 13.2. The van der Waals surface area contributed by atoms with Crippen LogP contribution in [0.3, 0.4) is 0 Å². The average Bonchev–Trinajstić information content (AvgIpc) is 2.71. The molecule has 27 heavy (non-hydrogen) atoms. The maximum Gasteiger partial charge on any atom is 0.193 e. The lowest BCUT2D eigenvalue weighted by Gasteiger charge is -2.35. The minimum Gasteiger partial charge on any atom is -0.497 e. The monoisotopic (exact) mass is 372 g/mol. The summed E-state index contributed by atoms with van der Waals surface area (Å²) < 4.78 is 5.24. The Morgan fingerprint density at radius 3 is 2.33 bits per heavy atom. The second kappa shape index (κ2) is 9.98. The SMILES string of the molecule is CN=C(NCC1CCN(Cc2ccc(OC)cc2)CC1)N1CCC(C)CC1. The summed E-state index contributed by atoms with van der Waals surface area (Å²) in [4.78, 5) is 9.51. The third kappa shape index (κ3) is 5.86. The Morgan fingerprint density at radius 1 is 1.07 bits per heavy atom. The minimum absolute atomic E-state index is 0.748. The molecule has 0 atom stereocenters. The molecule has 0 bridgehead atoms. The average molecular weight is 373 g/mol. The summed E-state index contributed by atoms with van der Waals surface area (Å²) in [6.45, 7) is 9.08. The van der Waals surface area contributed by atoms with Gasteiger partial charge in [-0.25, -0.2) is 0 Å². The Labute approximate surface area is 164 Å². The zero-order chi connectivity index (χ0) is 19.1. The number of aliphatic imine (C=N–C) groups is 1. The topological polar surface area (TPSA) is 40.1 Å². The molecule has 0 amide bonds. The molecule has 2 aliphatic rings. The molecular formula is C22H36N4O. The van der Waals surface area contributed by atoms with Crippen molar-refractivity contribution in [3.8, 4) is 5.75 Å². The lowest BCUT2D eigenvalue weighted by Crippen LogP contribution is -2.47. The molecule has 0 unspecified atom stereocenters. The van der Waals surface area contributed by atoms with Crippen LogP contribution in [-0.4, -0.2) is 62.6 Å². The lowest BCUT2D eigenvalue weighted by atomic mass is 9.96. The molecule has 2 saturated heterocycles. The Hall–Kier alpha value is -1.75. The number of rotatable bonds is 5. The van der Waals surface area contributed by atoms with Gasteiger partial charge >= 0.3 is 0 Å². The first-order valence-electron chi connectivity index (χ1n) is 10.5. The van der Waals surface area contributed by atoms with E-state index in [0.717, 1.165) is 49.7 Å². The molecule has 1 N–H and O–H groups in total. The molecule has 0 radical (unpaired) electrons. The summed E-state index contributed by atoms with van der Waals surface area (Å²) >= 11 is 0. The zero-order valence-electron chi connectivity index (χ0n) is 17.3. The van der Waals surface area contributed by atoms with Gasteiger partial charge < -0.3 is 15.0 Å². The molecule has 1 aromatic rings. The van der Waals surface area contributed by atoms with Gasteiger partial charge in [0, 0.05) is 33.2 Å². The van der Waals surface area contributed by atoms with E-state index >= 15 is 0 Å². The molecule has 1 aromatic carbocycles. The van der Waals surface area contributed by atoms with Crippen LogP contribution in [0.2, 0.25) is 0 Å². The van der Waals surface area contributed by atoms with Gasteiger partial charge in [0.1, 0.15) is 5.75 Å². The Morgan fingerprint density at radius 2 is 1.74 bits per heavy atom. The molecule has 2 aliphatic heterocycles. The maximum absolute atomic E-state index is 5.24. The third-order valence-corrected chi connectivity index (χ3v) is 6.12. The van der Waals surface area contributed by atoms with Crippen molar-refractivity contribution in [2.24, 2.45) is 16.8 Å². The normalized spacial score (nSPS) is 20.7. The predicted octanol–water partition coefficient (Wildman–Crippen LogP) is 3.21. The van der Waals surface area contributed by atoms with Crippen LogP contribution in [0.5, 0.6) is 5.75 Å². The standard InChI is InChI=1S/C22H36N4O/c1-18-8-14-26(15-9-18)22(23-2)24-16-19-10-12-25(13-11-19)17-20-4-6-21(27-3)7-5-20/h4-7,18-19H,8-17H2,1-3H3,(H,23,24). The molecule has 150 valence electrons.